The van der Waals surface area contributed by atoms with Gasteiger partial charge in [-0.2, -0.15) is 18.2 Å². The van der Waals surface area contributed by atoms with Crippen molar-refractivity contribution in [3.63, 3.8) is 0 Å². The number of nitrogens with zero attached hydrogens (tertiary/aromatic N) is 2. The van der Waals surface area contributed by atoms with Crippen LogP contribution in [-0.4, -0.2) is 23.0 Å². The highest BCUT2D eigenvalue weighted by Crippen LogP contribution is 2.34. The summed E-state index contributed by atoms with van der Waals surface area (Å²) in [5, 5.41) is 3.74. The van der Waals surface area contributed by atoms with Crippen molar-refractivity contribution in [2.75, 3.05) is 7.11 Å². The van der Waals surface area contributed by atoms with Gasteiger partial charge in [-0.25, -0.2) is 0 Å². The molecule has 0 fully saturated rings. The first kappa shape index (κ1) is 20.4. The summed E-state index contributed by atoms with van der Waals surface area (Å²) in [5.41, 5.74) is -0.169. The number of methoxy groups -OCH3 is 1. The topological polar surface area (TPSA) is 74.5 Å². The summed E-state index contributed by atoms with van der Waals surface area (Å²) in [6, 6.07) is 9.36. The second-order valence-corrected chi connectivity index (χ2v) is 6.22. The molecule has 3 aromatic rings. The van der Waals surface area contributed by atoms with E-state index in [1.165, 1.54) is 26.2 Å². The molecule has 1 aromatic heterocycles. The molecule has 1 atom stereocenters. The van der Waals surface area contributed by atoms with Gasteiger partial charge in [0.2, 0.25) is 5.82 Å². The minimum atomic E-state index is -4.47. The van der Waals surface area contributed by atoms with Crippen LogP contribution in [0.25, 0.3) is 11.4 Å². The number of alkyl halides is 3. The number of Topliss-reactive ketones (excluding diaryl/α,β-unsaturated/α-hetero) is 1. The molecule has 0 saturated carbocycles. The summed E-state index contributed by atoms with van der Waals surface area (Å²) in [4.78, 5) is 15.6. The fourth-order valence-electron chi connectivity index (χ4n) is 2.58. The summed E-state index contributed by atoms with van der Waals surface area (Å²) in [6.45, 7) is 3.08. The maximum Gasteiger partial charge on any atom is 0.416 e. The van der Waals surface area contributed by atoms with E-state index >= 15 is 0 Å². The molecule has 0 saturated heterocycles. The van der Waals surface area contributed by atoms with E-state index in [1.807, 2.05) is 0 Å². The summed E-state index contributed by atoms with van der Waals surface area (Å²) in [5.74, 6) is 0.673. The van der Waals surface area contributed by atoms with Crippen LogP contribution in [0.3, 0.4) is 0 Å². The minimum absolute atomic E-state index is 0.0143. The second-order valence-electron chi connectivity index (χ2n) is 6.22. The summed E-state index contributed by atoms with van der Waals surface area (Å²) in [7, 11) is 1.44. The number of hydrogen-bond donors (Lipinski definition) is 0. The Bertz CT molecular complexity index is 1030. The lowest BCUT2D eigenvalue weighted by Crippen LogP contribution is -2.06. The van der Waals surface area contributed by atoms with Gasteiger partial charge in [0.05, 0.1) is 12.7 Å². The van der Waals surface area contributed by atoms with Crippen molar-refractivity contribution in [3.05, 3.63) is 59.5 Å². The Morgan fingerprint density at radius 2 is 1.90 bits per heavy atom. The Kier molecular flexibility index (Phi) is 5.58. The third-order valence-electron chi connectivity index (χ3n) is 4.11. The Hall–Kier alpha value is -3.36. The van der Waals surface area contributed by atoms with Crippen LogP contribution in [0.2, 0.25) is 0 Å². The number of rotatable bonds is 6. The number of halogens is 3. The highest BCUT2D eigenvalue weighted by molar-refractivity contribution is 5.94. The molecule has 0 N–H and O–H groups in total. The first-order chi connectivity index (χ1) is 13.7. The minimum Gasteiger partial charge on any atom is -0.493 e. The molecule has 152 valence electrons. The molecule has 0 aliphatic heterocycles. The molecule has 0 amide bonds. The molecule has 0 bridgehead atoms. The largest absolute Gasteiger partial charge is 0.493 e. The van der Waals surface area contributed by atoms with Crippen molar-refractivity contribution >= 4 is 5.78 Å². The van der Waals surface area contributed by atoms with Gasteiger partial charge in [-0.15, -0.1) is 0 Å². The van der Waals surface area contributed by atoms with E-state index in [1.54, 1.807) is 25.1 Å². The molecule has 0 aliphatic carbocycles. The Balaban J connectivity index is 1.82. The van der Waals surface area contributed by atoms with Crippen LogP contribution in [0.4, 0.5) is 13.2 Å². The first-order valence-corrected chi connectivity index (χ1v) is 8.56. The lowest BCUT2D eigenvalue weighted by Gasteiger charge is -2.14. The van der Waals surface area contributed by atoms with E-state index in [0.29, 0.717) is 17.1 Å². The smallest absolute Gasteiger partial charge is 0.416 e. The number of ether oxygens (including phenoxy) is 2. The number of benzene rings is 2. The third-order valence-corrected chi connectivity index (χ3v) is 4.11. The van der Waals surface area contributed by atoms with Gasteiger partial charge in [0, 0.05) is 11.1 Å². The highest BCUT2D eigenvalue weighted by Gasteiger charge is 2.31. The molecule has 0 aliphatic rings. The molecular formula is C20H17F3N2O4. The van der Waals surface area contributed by atoms with E-state index < -0.39 is 17.8 Å². The summed E-state index contributed by atoms with van der Waals surface area (Å²) >= 11 is 0. The maximum absolute atomic E-state index is 12.9. The van der Waals surface area contributed by atoms with E-state index in [4.69, 9.17) is 14.0 Å². The molecule has 0 radical (unpaired) electrons. The van der Waals surface area contributed by atoms with Crippen molar-refractivity contribution in [1.29, 1.82) is 0 Å². The van der Waals surface area contributed by atoms with Gasteiger partial charge in [0.25, 0.3) is 5.89 Å². The van der Waals surface area contributed by atoms with Crippen LogP contribution < -0.4 is 9.47 Å². The van der Waals surface area contributed by atoms with Crippen molar-refractivity contribution in [2.24, 2.45) is 0 Å². The highest BCUT2D eigenvalue weighted by atomic mass is 19.4. The molecule has 2 aromatic carbocycles. The van der Waals surface area contributed by atoms with Crippen molar-refractivity contribution in [2.45, 2.75) is 26.1 Å². The number of carbonyl (C=O) groups is 1. The Morgan fingerprint density at radius 3 is 2.55 bits per heavy atom. The van der Waals surface area contributed by atoms with Crippen LogP contribution in [0, 0.1) is 0 Å². The van der Waals surface area contributed by atoms with Gasteiger partial charge in [0.15, 0.2) is 23.4 Å². The van der Waals surface area contributed by atoms with Crippen molar-refractivity contribution < 1.29 is 32.0 Å². The quantitative estimate of drug-likeness (QED) is 0.530. The molecule has 6 nitrogen and oxygen atoms in total. The maximum atomic E-state index is 12.9. The van der Waals surface area contributed by atoms with Crippen LogP contribution in [0.5, 0.6) is 11.5 Å². The number of ketones is 1. The van der Waals surface area contributed by atoms with Crippen molar-refractivity contribution in [1.82, 2.24) is 10.1 Å². The lowest BCUT2D eigenvalue weighted by molar-refractivity contribution is -0.137. The summed E-state index contributed by atoms with van der Waals surface area (Å²) in [6.07, 6.45) is -5.18. The van der Waals surface area contributed by atoms with Gasteiger partial charge in [-0.1, -0.05) is 17.3 Å². The first-order valence-electron chi connectivity index (χ1n) is 8.56. The normalized spacial score (nSPS) is 12.5. The monoisotopic (exact) mass is 406 g/mol. The van der Waals surface area contributed by atoms with Crippen molar-refractivity contribution in [3.8, 4) is 22.9 Å². The predicted molar refractivity (Wildman–Crippen MR) is 96.8 cm³/mol. The van der Waals surface area contributed by atoms with Gasteiger partial charge in [-0.3, -0.25) is 4.79 Å². The predicted octanol–water partition coefficient (Wildman–Crippen LogP) is 5.11. The van der Waals surface area contributed by atoms with Crippen LogP contribution in [0.15, 0.2) is 47.0 Å². The van der Waals surface area contributed by atoms with Gasteiger partial charge in [0.1, 0.15) is 0 Å². The fourth-order valence-corrected chi connectivity index (χ4v) is 2.58. The fraction of sp³-hybridized carbons (Fsp3) is 0.250. The Morgan fingerprint density at radius 1 is 1.14 bits per heavy atom. The van der Waals surface area contributed by atoms with E-state index in [-0.39, 0.29) is 23.1 Å². The zero-order chi connectivity index (χ0) is 21.2. The number of carbonyl (C=O) groups excluding carboxylic acids is 1. The molecule has 0 spiro atoms. The Labute approximate surface area is 164 Å². The average molecular weight is 406 g/mol. The van der Waals surface area contributed by atoms with E-state index in [9.17, 15) is 18.0 Å². The average Bonchev–Trinajstić information content (AvgIpc) is 3.18. The van der Waals surface area contributed by atoms with Gasteiger partial charge >= 0.3 is 6.18 Å². The summed E-state index contributed by atoms with van der Waals surface area (Å²) < 4.78 is 54.8. The SMILES string of the molecule is COc1cc(C(C)=O)ccc1O[C@H](C)c1nc(-c2cccc(C(F)(F)F)c2)no1. The molecule has 9 heteroatoms. The second kappa shape index (κ2) is 7.94. The van der Waals surface area contributed by atoms with Gasteiger partial charge in [-0.05, 0) is 44.2 Å². The third kappa shape index (κ3) is 4.56. The standard InChI is InChI=1S/C20H17F3N2O4/c1-11(26)13-7-8-16(17(10-13)27-3)28-12(2)19-24-18(25-29-19)14-5-4-6-15(9-14)20(21,22)23/h4-10,12H,1-3H3/t12-/m1/s1. The van der Waals surface area contributed by atoms with Gasteiger partial charge < -0.3 is 14.0 Å². The van der Waals surface area contributed by atoms with E-state index in [0.717, 1.165) is 12.1 Å². The van der Waals surface area contributed by atoms with Crippen LogP contribution >= 0.6 is 0 Å². The molecule has 3 rings (SSSR count). The lowest BCUT2D eigenvalue weighted by atomic mass is 10.1. The molecule has 1 heterocycles. The van der Waals surface area contributed by atoms with Crippen LogP contribution in [0.1, 0.15) is 41.8 Å². The van der Waals surface area contributed by atoms with E-state index in [2.05, 4.69) is 10.1 Å². The molecular weight excluding hydrogens is 389 g/mol. The zero-order valence-corrected chi connectivity index (χ0v) is 15.8. The zero-order valence-electron chi connectivity index (χ0n) is 15.8. The van der Waals surface area contributed by atoms with Crippen LogP contribution in [-0.2, 0) is 6.18 Å². The number of aromatic nitrogens is 2. The molecule has 0 unspecified atom stereocenters. The molecule has 29 heavy (non-hydrogen) atoms. The number of hydrogen-bond acceptors (Lipinski definition) is 6.